The van der Waals surface area contributed by atoms with E-state index in [9.17, 15) is 9.18 Å². The third kappa shape index (κ3) is 4.48. The van der Waals surface area contributed by atoms with Gasteiger partial charge in [-0.2, -0.15) is 0 Å². The van der Waals surface area contributed by atoms with Gasteiger partial charge in [-0.3, -0.25) is 4.79 Å². The lowest BCUT2D eigenvalue weighted by molar-refractivity contribution is 0.0717. The number of benzene rings is 2. The minimum Gasteiger partial charge on any atom is -0.464 e. The summed E-state index contributed by atoms with van der Waals surface area (Å²) in [6, 6.07) is 16.6. The van der Waals surface area contributed by atoms with Crippen molar-refractivity contribution in [3.63, 3.8) is 0 Å². The maximum Gasteiger partial charge on any atom is 0.254 e. The summed E-state index contributed by atoms with van der Waals surface area (Å²) in [6.45, 7) is 2.53. The first kappa shape index (κ1) is 17.2. The quantitative estimate of drug-likeness (QED) is 0.627. The molecule has 0 unspecified atom stereocenters. The third-order valence-electron chi connectivity index (χ3n) is 3.81. The number of hydrogen-bond donors (Lipinski definition) is 0. The molecule has 0 bridgehead atoms. The first-order valence-corrected chi connectivity index (χ1v) is 8.23. The van der Waals surface area contributed by atoms with Gasteiger partial charge < -0.3 is 9.32 Å². The smallest absolute Gasteiger partial charge is 0.254 e. The van der Waals surface area contributed by atoms with Crippen LogP contribution in [0.1, 0.15) is 27.4 Å². The first-order chi connectivity index (χ1) is 12.0. The summed E-state index contributed by atoms with van der Waals surface area (Å²) in [7, 11) is 0. The van der Waals surface area contributed by atoms with E-state index in [0.29, 0.717) is 29.4 Å². The van der Waals surface area contributed by atoms with Crippen LogP contribution >= 0.6 is 11.6 Å². The fraction of sp³-hybridized carbons (Fsp3) is 0.150. The molecule has 0 atom stereocenters. The van der Waals surface area contributed by atoms with Gasteiger partial charge in [-0.1, -0.05) is 23.7 Å². The monoisotopic (exact) mass is 357 g/mol. The minimum atomic E-state index is -0.305. The molecule has 128 valence electrons. The fourth-order valence-corrected chi connectivity index (χ4v) is 2.67. The Balaban J connectivity index is 1.85. The molecule has 0 saturated heterocycles. The molecule has 3 nitrogen and oxygen atoms in total. The maximum absolute atomic E-state index is 13.1. The van der Waals surface area contributed by atoms with Crippen molar-refractivity contribution in [2.24, 2.45) is 0 Å². The van der Waals surface area contributed by atoms with E-state index in [0.717, 1.165) is 11.3 Å². The van der Waals surface area contributed by atoms with Crippen LogP contribution in [-0.4, -0.2) is 10.8 Å². The van der Waals surface area contributed by atoms with Gasteiger partial charge in [0.1, 0.15) is 17.3 Å². The average molecular weight is 358 g/mol. The van der Waals surface area contributed by atoms with Crippen LogP contribution in [0.3, 0.4) is 0 Å². The predicted octanol–water partition coefficient (Wildman–Crippen LogP) is 5.22. The lowest BCUT2D eigenvalue weighted by Crippen LogP contribution is -2.30. The fourth-order valence-electron chi connectivity index (χ4n) is 2.54. The molecule has 0 spiro atoms. The second-order valence-electron chi connectivity index (χ2n) is 5.81. The Hall–Kier alpha value is -2.59. The summed E-state index contributed by atoms with van der Waals surface area (Å²) >= 11 is 5.90. The lowest BCUT2D eigenvalue weighted by Gasteiger charge is -2.22. The normalized spacial score (nSPS) is 10.7. The van der Waals surface area contributed by atoms with E-state index >= 15 is 0 Å². The Labute approximate surface area is 150 Å². The second-order valence-corrected chi connectivity index (χ2v) is 6.24. The largest absolute Gasteiger partial charge is 0.464 e. The molecule has 0 fully saturated rings. The summed E-state index contributed by atoms with van der Waals surface area (Å²) in [5.41, 5.74) is 1.38. The zero-order valence-corrected chi connectivity index (χ0v) is 14.5. The van der Waals surface area contributed by atoms with Crippen LogP contribution in [0, 0.1) is 12.7 Å². The van der Waals surface area contributed by atoms with Gasteiger partial charge in [0.05, 0.1) is 6.54 Å². The van der Waals surface area contributed by atoms with Crippen LogP contribution < -0.4 is 0 Å². The van der Waals surface area contributed by atoms with E-state index in [1.54, 1.807) is 41.3 Å². The Kier molecular flexibility index (Phi) is 5.19. The summed E-state index contributed by atoms with van der Waals surface area (Å²) in [5, 5.41) is 0.572. The van der Waals surface area contributed by atoms with Crippen LogP contribution in [0.5, 0.6) is 0 Å². The van der Waals surface area contributed by atoms with Gasteiger partial charge in [-0.25, -0.2) is 4.39 Å². The molecule has 0 aliphatic carbocycles. The van der Waals surface area contributed by atoms with Gasteiger partial charge in [0.15, 0.2) is 0 Å². The number of carbonyl (C=O) groups is 1. The molecule has 25 heavy (non-hydrogen) atoms. The van der Waals surface area contributed by atoms with Crippen molar-refractivity contribution in [1.82, 2.24) is 4.90 Å². The van der Waals surface area contributed by atoms with Gasteiger partial charge >= 0.3 is 0 Å². The first-order valence-electron chi connectivity index (χ1n) is 7.86. The Bertz CT molecular complexity index is 856. The maximum atomic E-state index is 13.1. The number of nitrogens with zero attached hydrogens (tertiary/aromatic N) is 1. The van der Waals surface area contributed by atoms with Crippen molar-refractivity contribution in [2.45, 2.75) is 20.0 Å². The molecule has 0 radical (unpaired) electrons. The molecule has 0 saturated carbocycles. The Morgan fingerprint density at radius 2 is 1.68 bits per heavy atom. The SMILES string of the molecule is Cc1ccc(CN(Cc2ccc(F)cc2)C(=O)c2ccc(Cl)cc2)o1. The van der Waals surface area contributed by atoms with Crippen LogP contribution in [0.15, 0.2) is 65.1 Å². The molecule has 0 aliphatic rings. The number of aryl methyl sites for hydroxylation is 1. The highest BCUT2D eigenvalue weighted by molar-refractivity contribution is 6.30. The molecule has 1 aromatic heterocycles. The van der Waals surface area contributed by atoms with Crippen molar-refractivity contribution >= 4 is 17.5 Å². The number of halogens is 2. The molecule has 5 heteroatoms. The molecule has 2 aromatic carbocycles. The highest BCUT2D eigenvalue weighted by Crippen LogP contribution is 2.18. The average Bonchev–Trinajstić information content (AvgIpc) is 3.01. The van der Waals surface area contributed by atoms with Crippen LogP contribution in [0.25, 0.3) is 0 Å². The summed E-state index contributed by atoms with van der Waals surface area (Å²) < 4.78 is 18.7. The van der Waals surface area contributed by atoms with Crippen LogP contribution in [-0.2, 0) is 13.1 Å². The zero-order valence-electron chi connectivity index (χ0n) is 13.7. The second kappa shape index (κ2) is 7.53. The van der Waals surface area contributed by atoms with E-state index in [4.69, 9.17) is 16.0 Å². The molecular weight excluding hydrogens is 341 g/mol. The topological polar surface area (TPSA) is 33.5 Å². The van der Waals surface area contributed by atoms with Crippen molar-refractivity contribution in [1.29, 1.82) is 0 Å². The third-order valence-corrected chi connectivity index (χ3v) is 4.06. The Morgan fingerprint density at radius 3 is 2.28 bits per heavy atom. The Morgan fingerprint density at radius 1 is 1.00 bits per heavy atom. The van der Waals surface area contributed by atoms with Crippen molar-refractivity contribution < 1.29 is 13.6 Å². The van der Waals surface area contributed by atoms with Gasteiger partial charge in [-0.15, -0.1) is 0 Å². The zero-order chi connectivity index (χ0) is 17.8. The molecular formula is C20H17ClFNO2. The van der Waals surface area contributed by atoms with E-state index in [2.05, 4.69) is 0 Å². The molecule has 0 aliphatic heterocycles. The molecule has 3 rings (SSSR count). The number of rotatable bonds is 5. The van der Waals surface area contributed by atoms with Crippen molar-refractivity contribution in [3.05, 3.63) is 94.2 Å². The molecule has 1 amide bonds. The summed E-state index contributed by atoms with van der Waals surface area (Å²) in [6.07, 6.45) is 0. The predicted molar refractivity (Wildman–Crippen MR) is 94.9 cm³/mol. The molecule has 0 N–H and O–H groups in total. The van der Waals surface area contributed by atoms with Crippen LogP contribution in [0.4, 0.5) is 4.39 Å². The van der Waals surface area contributed by atoms with E-state index in [1.807, 2.05) is 19.1 Å². The van der Waals surface area contributed by atoms with Gasteiger partial charge in [-0.05, 0) is 61.0 Å². The molecule has 3 aromatic rings. The van der Waals surface area contributed by atoms with Gasteiger partial charge in [0.2, 0.25) is 0 Å². The standard InChI is InChI=1S/C20H17ClFNO2/c1-14-2-11-19(25-14)13-23(12-15-3-9-18(22)10-4-15)20(24)16-5-7-17(21)8-6-16/h2-11H,12-13H2,1H3. The van der Waals surface area contributed by atoms with Crippen molar-refractivity contribution in [3.8, 4) is 0 Å². The number of furan rings is 1. The molecule has 1 heterocycles. The highest BCUT2D eigenvalue weighted by Gasteiger charge is 2.18. The highest BCUT2D eigenvalue weighted by atomic mass is 35.5. The summed E-state index contributed by atoms with van der Waals surface area (Å²) in [5.74, 6) is 1.04. The summed E-state index contributed by atoms with van der Waals surface area (Å²) in [4.78, 5) is 14.6. The number of hydrogen-bond acceptors (Lipinski definition) is 2. The van der Waals surface area contributed by atoms with Gasteiger partial charge in [0, 0.05) is 17.1 Å². The van der Waals surface area contributed by atoms with Gasteiger partial charge in [0.25, 0.3) is 5.91 Å². The van der Waals surface area contributed by atoms with E-state index in [1.165, 1.54) is 12.1 Å². The lowest BCUT2D eigenvalue weighted by atomic mass is 10.1. The minimum absolute atomic E-state index is 0.143. The number of carbonyl (C=O) groups excluding carboxylic acids is 1. The van der Waals surface area contributed by atoms with E-state index in [-0.39, 0.29) is 11.7 Å². The van der Waals surface area contributed by atoms with Crippen LogP contribution in [0.2, 0.25) is 5.02 Å². The van der Waals surface area contributed by atoms with Crippen molar-refractivity contribution in [2.75, 3.05) is 0 Å². The van der Waals surface area contributed by atoms with E-state index < -0.39 is 0 Å². The number of amides is 1.